The highest BCUT2D eigenvalue weighted by Gasteiger charge is 2.27. The highest BCUT2D eigenvalue weighted by Crippen LogP contribution is 2.21. The van der Waals surface area contributed by atoms with Gasteiger partial charge in [0.1, 0.15) is 0 Å². The molecular weight excluding hydrogens is 126 g/mol. The molecule has 1 N–H and O–H groups in total. The van der Waals surface area contributed by atoms with Crippen LogP contribution in [0.5, 0.6) is 0 Å². The van der Waals surface area contributed by atoms with Gasteiger partial charge in [0.05, 0.1) is 0 Å². The van der Waals surface area contributed by atoms with E-state index in [0.717, 1.165) is 25.7 Å². The first kappa shape index (κ1) is 7.58. The van der Waals surface area contributed by atoms with Crippen molar-refractivity contribution < 1.29 is 4.79 Å². The quantitative estimate of drug-likeness (QED) is 0.588. The smallest absolute Gasteiger partial charge is 0.220 e. The Bertz CT molecular complexity index is 144. The molecule has 0 saturated carbocycles. The maximum absolute atomic E-state index is 10.9. The maximum atomic E-state index is 10.9. The van der Waals surface area contributed by atoms with Gasteiger partial charge in [0, 0.05) is 12.0 Å². The Kier molecular flexibility index (Phi) is 1.97. The molecule has 1 saturated heterocycles. The second-order valence-corrected chi connectivity index (χ2v) is 3.32. The normalized spacial score (nSPS) is 33.6. The fourth-order valence-corrected chi connectivity index (χ4v) is 1.37. The van der Waals surface area contributed by atoms with Gasteiger partial charge in [0.2, 0.25) is 5.91 Å². The van der Waals surface area contributed by atoms with Crippen LogP contribution in [0.25, 0.3) is 0 Å². The summed E-state index contributed by atoms with van der Waals surface area (Å²) in [6.07, 6.45) is 3.94. The lowest BCUT2D eigenvalue weighted by Crippen LogP contribution is -2.48. The minimum Gasteiger partial charge on any atom is -0.351 e. The van der Waals surface area contributed by atoms with E-state index < -0.39 is 0 Å². The average molecular weight is 141 g/mol. The Morgan fingerprint density at radius 1 is 1.70 bits per heavy atom. The molecule has 0 bridgehead atoms. The van der Waals surface area contributed by atoms with Crippen molar-refractivity contribution in [3.63, 3.8) is 0 Å². The van der Waals surface area contributed by atoms with Crippen LogP contribution in [0.4, 0.5) is 0 Å². The third-order valence-corrected chi connectivity index (χ3v) is 2.35. The first-order valence-corrected chi connectivity index (χ1v) is 3.97. The van der Waals surface area contributed by atoms with E-state index in [0.29, 0.717) is 0 Å². The third-order valence-electron chi connectivity index (χ3n) is 2.35. The van der Waals surface area contributed by atoms with Crippen molar-refractivity contribution in [3.05, 3.63) is 0 Å². The molecule has 0 aliphatic carbocycles. The summed E-state index contributed by atoms with van der Waals surface area (Å²) in [4.78, 5) is 10.9. The van der Waals surface area contributed by atoms with Crippen LogP contribution in [0.3, 0.4) is 0 Å². The highest BCUT2D eigenvalue weighted by molar-refractivity contribution is 5.77. The summed E-state index contributed by atoms with van der Waals surface area (Å²) in [5.74, 6) is 0.218. The third kappa shape index (κ3) is 1.49. The topological polar surface area (TPSA) is 29.1 Å². The van der Waals surface area contributed by atoms with Crippen LogP contribution in [0.2, 0.25) is 0 Å². The van der Waals surface area contributed by atoms with Crippen LogP contribution in [0.15, 0.2) is 0 Å². The number of carbonyl (C=O) groups excluding carboxylic acids is 1. The van der Waals surface area contributed by atoms with Gasteiger partial charge in [0.15, 0.2) is 0 Å². The minimum absolute atomic E-state index is 0.0926. The molecule has 1 aliphatic heterocycles. The van der Waals surface area contributed by atoms with E-state index in [1.54, 1.807) is 0 Å². The van der Waals surface area contributed by atoms with Crippen molar-refractivity contribution in [3.8, 4) is 0 Å². The van der Waals surface area contributed by atoms with E-state index in [9.17, 15) is 4.79 Å². The minimum atomic E-state index is 0.0926. The molecule has 0 spiro atoms. The van der Waals surface area contributed by atoms with Crippen molar-refractivity contribution in [1.29, 1.82) is 0 Å². The van der Waals surface area contributed by atoms with Crippen molar-refractivity contribution in [2.75, 3.05) is 0 Å². The first-order chi connectivity index (χ1) is 4.66. The van der Waals surface area contributed by atoms with Gasteiger partial charge in [-0.3, -0.25) is 4.79 Å². The Morgan fingerprint density at radius 2 is 2.40 bits per heavy atom. The molecule has 2 heteroatoms. The van der Waals surface area contributed by atoms with E-state index in [1.165, 1.54) is 0 Å². The summed E-state index contributed by atoms with van der Waals surface area (Å²) in [5, 5.41) is 3.00. The highest BCUT2D eigenvalue weighted by atomic mass is 16.1. The number of piperidine rings is 1. The van der Waals surface area contributed by atoms with Crippen LogP contribution in [0.1, 0.15) is 39.5 Å². The van der Waals surface area contributed by atoms with Gasteiger partial charge >= 0.3 is 0 Å². The number of rotatable bonds is 1. The standard InChI is InChI=1S/C8H15NO/c1-3-8(2)6-4-5-7(10)9-8/h3-6H2,1-2H3,(H,9,10). The average Bonchev–Trinajstić information content (AvgIpc) is 1.88. The molecule has 0 aromatic carbocycles. The second-order valence-electron chi connectivity index (χ2n) is 3.32. The number of hydrogen-bond acceptors (Lipinski definition) is 1. The van der Waals surface area contributed by atoms with E-state index in [-0.39, 0.29) is 11.4 Å². The maximum Gasteiger partial charge on any atom is 0.220 e. The predicted octanol–water partition coefficient (Wildman–Crippen LogP) is 1.46. The molecule has 0 aromatic heterocycles. The van der Waals surface area contributed by atoms with Crippen molar-refractivity contribution in [2.24, 2.45) is 0 Å². The van der Waals surface area contributed by atoms with Gasteiger partial charge < -0.3 is 5.32 Å². The van der Waals surface area contributed by atoms with Gasteiger partial charge in [-0.05, 0) is 26.2 Å². The number of nitrogens with one attached hydrogen (secondary N) is 1. The zero-order chi connectivity index (χ0) is 7.61. The molecule has 1 unspecified atom stereocenters. The molecule has 1 amide bonds. The van der Waals surface area contributed by atoms with E-state index in [2.05, 4.69) is 19.2 Å². The Morgan fingerprint density at radius 3 is 2.80 bits per heavy atom. The molecule has 58 valence electrons. The molecular formula is C8H15NO. The van der Waals surface area contributed by atoms with Crippen LogP contribution in [-0.2, 0) is 4.79 Å². The van der Waals surface area contributed by atoms with Crippen LogP contribution in [-0.4, -0.2) is 11.4 Å². The Labute approximate surface area is 62.0 Å². The molecule has 0 aromatic rings. The number of carbonyl (C=O) groups is 1. The van der Waals surface area contributed by atoms with Crippen LogP contribution in [0, 0.1) is 0 Å². The summed E-state index contributed by atoms with van der Waals surface area (Å²) < 4.78 is 0. The van der Waals surface area contributed by atoms with Crippen LogP contribution < -0.4 is 5.32 Å². The van der Waals surface area contributed by atoms with Crippen molar-refractivity contribution in [1.82, 2.24) is 5.32 Å². The van der Waals surface area contributed by atoms with Gasteiger partial charge in [-0.25, -0.2) is 0 Å². The molecule has 1 atom stereocenters. The van der Waals surface area contributed by atoms with Crippen molar-refractivity contribution >= 4 is 5.91 Å². The van der Waals surface area contributed by atoms with Crippen LogP contribution >= 0.6 is 0 Å². The monoisotopic (exact) mass is 141 g/mol. The van der Waals surface area contributed by atoms with Gasteiger partial charge in [-0.2, -0.15) is 0 Å². The molecule has 1 heterocycles. The van der Waals surface area contributed by atoms with E-state index in [4.69, 9.17) is 0 Å². The fraction of sp³-hybridized carbons (Fsp3) is 0.875. The number of hydrogen-bond donors (Lipinski definition) is 1. The van der Waals surface area contributed by atoms with Crippen molar-refractivity contribution in [2.45, 2.75) is 45.1 Å². The molecule has 10 heavy (non-hydrogen) atoms. The number of amides is 1. The van der Waals surface area contributed by atoms with E-state index >= 15 is 0 Å². The summed E-state index contributed by atoms with van der Waals surface area (Å²) >= 11 is 0. The molecule has 1 fully saturated rings. The van der Waals surface area contributed by atoms with E-state index in [1.807, 2.05) is 0 Å². The largest absolute Gasteiger partial charge is 0.351 e. The molecule has 2 nitrogen and oxygen atoms in total. The Balaban J connectivity index is 2.53. The van der Waals surface area contributed by atoms with Gasteiger partial charge in [-0.15, -0.1) is 0 Å². The summed E-state index contributed by atoms with van der Waals surface area (Å²) in [5.41, 5.74) is 0.0926. The molecule has 1 aliphatic rings. The zero-order valence-electron chi connectivity index (χ0n) is 6.74. The predicted molar refractivity (Wildman–Crippen MR) is 40.7 cm³/mol. The van der Waals surface area contributed by atoms with Gasteiger partial charge in [-0.1, -0.05) is 6.92 Å². The second kappa shape index (κ2) is 2.60. The summed E-state index contributed by atoms with van der Waals surface area (Å²) in [7, 11) is 0. The fourth-order valence-electron chi connectivity index (χ4n) is 1.37. The lowest BCUT2D eigenvalue weighted by Gasteiger charge is -2.33. The summed E-state index contributed by atoms with van der Waals surface area (Å²) in [6.45, 7) is 4.23. The zero-order valence-corrected chi connectivity index (χ0v) is 6.74. The lowest BCUT2D eigenvalue weighted by molar-refractivity contribution is -0.124. The molecule has 0 radical (unpaired) electrons. The summed E-state index contributed by atoms with van der Waals surface area (Å²) in [6, 6.07) is 0. The first-order valence-electron chi connectivity index (χ1n) is 3.97. The SMILES string of the molecule is CCC1(C)CCCC(=O)N1. The lowest BCUT2D eigenvalue weighted by atomic mass is 9.88. The van der Waals surface area contributed by atoms with Gasteiger partial charge in [0.25, 0.3) is 0 Å². The Hall–Kier alpha value is -0.530. The molecule has 1 rings (SSSR count).